The first-order chi connectivity index (χ1) is 11.4. The summed E-state index contributed by atoms with van der Waals surface area (Å²) < 4.78 is 10.8. The first-order valence-corrected chi connectivity index (χ1v) is 9.38. The summed E-state index contributed by atoms with van der Waals surface area (Å²) in [5.41, 5.74) is 0. The van der Waals surface area contributed by atoms with Gasteiger partial charge in [-0.05, 0) is 18.8 Å². The molecule has 0 saturated carbocycles. The molecule has 0 aromatic rings. The first-order valence-electron chi connectivity index (χ1n) is 9.38. The number of carbonyl (C=O) groups excluding carboxylic acids is 2. The molecule has 0 aliphatic rings. The van der Waals surface area contributed by atoms with Crippen molar-refractivity contribution in [2.75, 3.05) is 33.0 Å². The third-order valence-corrected chi connectivity index (χ3v) is 3.67. The first kappa shape index (κ1) is 23.1. The van der Waals surface area contributed by atoms with Crippen LogP contribution in [0.5, 0.6) is 0 Å². The van der Waals surface area contributed by atoms with Gasteiger partial charge in [0.15, 0.2) is 0 Å². The number of Topliss-reactive ketones (excluding diaryl/α,β-unsaturated/α-hetero) is 1. The van der Waals surface area contributed by atoms with Crippen LogP contribution in [-0.2, 0) is 19.1 Å². The van der Waals surface area contributed by atoms with Crippen molar-refractivity contribution in [2.45, 2.75) is 66.2 Å². The molecule has 0 aliphatic heterocycles. The Hall–Kier alpha value is -0.940. The molecule has 0 rings (SSSR count). The maximum absolute atomic E-state index is 11.7. The Bertz CT molecular complexity index is 329. The number of ether oxygens (including phenoxy) is 2. The molecular weight excluding hydrogens is 306 g/mol. The maximum atomic E-state index is 11.7. The van der Waals surface area contributed by atoms with Gasteiger partial charge in [0.2, 0.25) is 5.91 Å². The Morgan fingerprint density at radius 3 is 2.08 bits per heavy atom. The Balaban J connectivity index is 3.24. The predicted molar refractivity (Wildman–Crippen MR) is 97.0 cm³/mol. The van der Waals surface area contributed by atoms with Crippen LogP contribution in [0.25, 0.3) is 0 Å². The second kappa shape index (κ2) is 15.6. The lowest BCUT2D eigenvalue weighted by atomic mass is 10.0. The third-order valence-electron chi connectivity index (χ3n) is 3.67. The number of ketones is 1. The summed E-state index contributed by atoms with van der Waals surface area (Å²) in [6.07, 6.45) is 5.47. The van der Waals surface area contributed by atoms with Gasteiger partial charge in [0, 0.05) is 31.9 Å². The average Bonchev–Trinajstić information content (AvgIpc) is 2.52. The van der Waals surface area contributed by atoms with Crippen LogP contribution in [0.3, 0.4) is 0 Å². The van der Waals surface area contributed by atoms with E-state index < -0.39 is 0 Å². The minimum Gasteiger partial charge on any atom is -0.379 e. The SMILES string of the molecule is CC(C)CCCCC(=O)CCCOCCOCCNC(=O)C(C)C. The van der Waals surface area contributed by atoms with E-state index in [-0.39, 0.29) is 11.8 Å². The van der Waals surface area contributed by atoms with Crippen molar-refractivity contribution in [3.05, 3.63) is 0 Å². The second-order valence-electron chi connectivity index (χ2n) is 6.95. The Morgan fingerprint density at radius 2 is 1.46 bits per heavy atom. The fourth-order valence-electron chi connectivity index (χ4n) is 2.14. The molecule has 0 aliphatic carbocycles. The van der Waals surface area contributed by atoms with E-state index in [1.54, 1.807) is 0 Å². The smallest absolute Gasteiger partial charge is 0.222 e. The molecule has 1 amide bonds. The zero-order valence-electron chi connectivity index (χ0n) is 16.1. The van der Waals surface area contributed by atoms with E-state index in [1.807, 2.05) is 13.8 Å². The topological polar surface area (TPSA) is 64.6 Å². The molecule has 0 atom stereocenters. The number of hydrogen-bond acceptors (Lipinski definition) is 4. The van der Waals surface area contributed by atoms with Crippen LogP contribution in [0.2, 0.25) is 0 Å². The molecule has 0 unspecified atom stereocenters. The highest BCUT2D eigenvalue weighted by atomic mass is 16.5. The monoisotopic (exact) mass is 343 g/mol. The van der Waals surface area contributed by atoms with Gasteiger partial charge in [0.05, 0.1) is 19.8 Å². The zero-order chi connectivity index (χ0) is 18.2. The molecule has 5 nitrogen and oxygen atoms in total. The minimum atomic E-state index is 0.00579. The van der Waals surface area contributed by atoms with Crippen molar-refractivity contribution in [1.29, 1.82) is 0 Å². The number of rotatable bonds is 16. The van der Waals surface area contributed by atoms with E-state index in [4.69, 9.17) is 9.47 Å². The number of carbonyl (C=O) groups is 2. The van der Waals surface area contributed by atoms with E-state index in [9.17, 15) is 9.59 Å². The molecular formula is C19H37NO4. The fraction of sp³-hybridized carbons (Fsp3) is 0.895. The van der Waals surface area contributed by atoms with Gasteiger partial charge < -0.3 is 14.8 Å². The number of unbranched alkanes of at least 4 members (excludes halogenated alkanes) is 1. The molecule has 142 valence electrons. The molecule has 1 N–H and O–H groups in total. The van der Waals surface area contributed by atoms with Crippen LogP contribution < -0.4 is 5.32 Å². The second-order valence-corrected chi connectivity index (χ2v) is 6.95. The summed E-state index contributed by atoms with van der Waals surface area (Å²) in [5, 5.41) is 2.79. The highest BCUT2D eigenvalue weighted by Gasteiger charge is 2.05. The van der Waals surface area contributed by atoms with E-state index in [0.717, 1.165) is 25.2 Å². The average molecular weight is 344 g/mol. The van der Waals surface area contributed by atoms with Crippen LogP contribution in [0.15, 0.2) is 0 Å². The molecule has 0 aromatic carbocycles. The van der Waals surface area contributed by atoms with Crippen molar-refractivity contribution in [3.63, 3.8) is 0 Å². The van der Waals surface area contributed by atoms with Crippen LogP contribution in [0, 0.1) is 11.8 Å². The number of hydrogen-bond donors (Lipinski definition) is 1. The Morgan fingerprint density at radius 1 is 0.833 bits per heavy atom. The molecule has 0 spiro atoms. The lowest BCUT2D eigenvalue weighted by molar-refractivity contribution is -0.124. The molecule has 5 heteroatoms. The van der Waals surface area contributed by atoms with E-state index in [2.05, 4.69) is 19.2 Å². The van der Waals surface area contributed by atoms with E-state index in [1.165, 1.54) is 6.42 Å². The van der Waals surface area contributed by atoms with Crippen molar-refractivity contribution in [3.8, 4) is 0 Å². The van der Waals surface area contributed by atoms with Gasteiger partial charge >= 0.3 is 0 Å². The molecule has 0 radical (unpaired) electrons. The van der Waals surface area contributed by atoms with Crippen LogP contribution >= 0.6 is 0 Å². The molecule has 0 fully saturated rings. The normalized spacial score (nSPS) is 11.2. The summed E-state index contributed by atoms with van der Waals surface area (Å²) in [7, 11) is 0. The molecule has 0 heterocycles. The summed E-state index contributed by atoms with van der Waals surface area (Å²) >= 11 is 0. The predicted octanol–water partition coefficient (Wildman–Crippen LogP) is 3.36. The molecule has 0 saturated heterocycles. The Labute approximate surface area is 147 Å². The van der Waals surface area contributed by atoms with Crippen LogP contribution in [-0.4, -0.2) is 44.7 Å². The quantitative estimate of drug-likeness (QED) is 0.437. The largest absolute Gasteiger partial charge is 0.379 e. The molecule has 24 heavy (non-hydrogen) atoms. The van der Waals surface area contributed by atoms with Crippen molar-refractivity contribution >= 4 is 11.7 Å². The van der Waals surface area contributed by atoms with Gasteiger partial charge in [-0.2, -0.15) is 0 Å². The van der Waals surface area contributed by atoms with Crippen LogP contribution in [0.4, 0.5) is 0 Å². The van der Waals surface area contributed by atoms with Gasteiger partial charge in [-0.15, -0.1) is 0 Å². The number of amides is 1. The van der Waals surface area contributed by atoms with E-state index in [0.29, 0.717) is 51.6 Å². The Kier molecular flexibility index (Phi) is 15.0. The molecule has 0 aromatic heterocycles. The van der Waals surface area contributed by atoms with Crippen molar-refractivity contribution < 1.29 is 19.1 Å². The van der Waals surface area contributed by atoms with Gasteiger partial charge in [0.1, 0.15) is 5.78 Å². The fourth-order valence-corrected chi connectivity index (χ4v) is 2.14. The highest BCUT2D eigenvalue weighted by molar-refractivity contribution is 5.78. The summed E-state index contributed by atoms with van der Waals surface area (Å²) in [6.45, 7) is 10.8. The standard InChI is InChI=1S/C19H37NO4/c1-16(2)8-5-6-9-18(21)10-7-12-23-14-15-24-13-11-20-19(22)17(3)4/h16-17H,5-15H2,1-4H3,(H,20,22). The van der Waals surface area contributed by atoms with Crippen LogP contribution in [0.1, 0.15) is 66.2 Å². The summed E-state index contributed by atoms with van der Waals surface area (Å²) in [6, 6.07) is 0. The third kappa shape index (κ3) is 15.9. The van der Waals surface area contributed by atoms with Gasteiger partial charge in [-0.3, -0.25) is 9.59 Å². The number of nitrogens with one attached hydrogen (secondary N) is 1. The van der Waals surface area contributed by atoms with Gasteiger partial charge in [0.25, 0.3) is 0 Å². The minimum absolute atomic E-state index is 0.00579. The van der Waals surface area contributed by atoms with Gasteiger partial charge in [-0.1, -0.05) is 40.5 Å². The van der Waals surface area contributed by atoms with E-state index >= 15 is 0 Å². The lowest BCUT2D eigenvalue weighted by Crippen LogP contribution is -2.31. The van der Waals surface area contributed by atoms with Crippen molar-refractivity contribution in [2.24, 2.45) is 11.8 Å². The lowest BCUT2D eigenvalue weighted by Gasteiger charge is -2.08. The highest BCUT2D eigenvalue weighted by Crippen LogP contribution is 2.09. The zero-order valence-corrected chi connectivity index (χ0v) is 16.1. The van der Waals surface area contributed by atoms with Crippen molar-refractivity contribution in [1.82, 2.24) is 5.32 Å². The summed E-state index contributed by atoms with van der Waals surface area (Å²) in [5.74, 6) is 1.12. The molecule has 0 bridgehead atoms. The maximum Gasteiger partial charge on any atom is 0.222 e. The van der Waals surface area contributed by atoms with Gasteiger partial charge in [-0.25, -0.2) is 0 Å². The summed E-state index contributed by atoms with van der Waals surface area (Å²) in [4.78, 5) is 23.0.